The van der Waals surface area contributed by atoms with E-state index in [2.05, 4.69) is 10.6 Å². The standard InChI is InChI=1S/C18H25N3O5S/c1-4-12-7-6-8-13(5-2)16(12)20-15(22)11-21-17(23)14(19-18(21)24)9-10-27(3,25)26/h6-8,14H,4-5,9-11H2,1-3H3,(H,19,24)(H,20,22). The minimum absolute atomic E-state index is 0.0137. The summed E-state index contributed by atoms with van der Waals surface area (Å²) in [4.78, 5) is 37.6. The predicted octanol–water partition coefficient (Wildman–Crippen LogP) is 1.10. The van der Waals surface area contributed by atoms with Crippen molar-refractivity contribution < 1.29 is 22.8 Å². The lowest BCUT2D eigenvalue weighted by Crippen LogP contribution is -2.38. The van der Waals surface area contributed by atoms with Crippen molar-refractivity contribution in [3.63, 3.8) is 0 Å². The molecule has 0 saturated carbocycles. The summed E-state index contributed by atoms with van der Waals surface area (Å²) in [7, 11) is -3.25. The second-order valence-electron chi connectivity index (χ2n) is 6.55. The van der Waals surface area contributed by atoms with Gasteiger partial charge in [-0.1, -0.05) is 32.0 Å². The predicted molar refractivity (Wildman–Crippen MR) is 102 cm³/mol. The number of benzene rings is 1. The lowest BCUT2D eigenvalue weighted by atomic mass is 10.0. The van der Waals surface area contributed by atoms with Gasteiger partial charge in [0.05, 0.1) is 5.75 Å². The highest BCUT2D eigenvalue weighted by molar-refractivity contribution is 7.90. The molecular weight excluding hydrogens is 370 g/mol. The second kappa shape index (κ2) is 8.51. The summed E-state index contributed by atoms with van der Waals surface area (Å²) in [5.74, 6) is -1.27. The van der Waals surface area contributed by atoms with Crippen LogP contribution in [0.1, 0.15) is 31.4 Å². The first-order chi connectivity index (χ1) is 12.7. The summed E-state index contributed by atoms with van der Waals surface area (Å²) in [6, 6.07) is 4.16. The molecule has 8 nitrogen and oxygen atoms in total. The number of nitrogens with zero attached hydrogens (tertiary/aromatic N) is 1. The Bertz CT molecular complexity index is 828. The lowest BCUT2D eigenvalue weighted by Gasteiger charge is -2.17. The molecule has 4 amide bonds. The van der Waals surface area contributed by atoms with Gasteiger partial charge in [0.1, 0.15) is 22.4 Å². The maximum absolute atomic E-state index is 12.4. The third kappa shape index (κ3) is 5.29. The summed E-state index contributed by atoms with van der Waals surface area (Å²) < 4.78 is 22.5. The van der Waals surface area contributed by atoms with Crippen LogP contribution in [0.5, 0.6) is 0 Å². The number of amides is 4. The Kier molecular flexibility index (Phi) is 6.59. The number of hydrogen-bond donors (Lipinski definition) is 2. The van der Waals surface area contributed by atoms with E-state index in [9.17, 15) is 22.8 Å². The molecule has 0 spiro atoms. The normalized spacial score (nSPS) is 17.1. The zero-order chi connectivity index (χ0) is 20.2. The molecule has 0 aromatic heterocycles. The molecule has 2 rings (SSSR count). The Balaban J connectivity index is 2.06. The van der Waals surface area contributed by atoms with E-state index in [1.54, 1.807) is 0 Å². The Morgan fingerprint density at radius 3 is 2.30 bits per heavy atom. The van der Waals surface area contributed by atoms with Gasteiger partial charge in [-0.05, 0) is 30.4 Å². The maximum atomic E-state index is 12.4. The lowest BCUT2D eigenvalue weighted by molar-refractivity contribution is -0.130. The van der Waals surface area contributed by atoms with Gasteiger partial charge in [-0.15, -0.1) is 0 Å². The van der Waals surface area contributed by atoms with Crippen LogP contribution >= 0.6 is 0 Å². The summed E-state index contributed by atoms with van der Waals surface area (Å²) in [6.07, 6.45) is 2.52. The monoisotopic (exact) mass is 395 g/mol. The summed E-state index contributed by atoms with van der Waals surface area (Å²) >= 11 is 0. The molecule has 1 unspecified atom stereocenters. The van der Waals surface area contributed by atoms with Crippen molar-refractivity contribution in [1.29, 1.82) is 0 Å². The number of sulfone groups is 1. The minimum Gasteiger partial charge on any atom is -0.326 e. The molecule has 1 saturated heterocycles. The number of urea groups is 1. The first-order valence-electron chi connectivity index (χ1n) is 8.86. The highest BCUT2D eigenvalue weighted by Gasteiger charge is 2.39. The molecule has 27 heavy (non-hydrogen) atoms. The fraction of sp³-hybridized carbons (Fsp3) is 0.500. The Morgan fingerprint density at radius 2 is 1.78 bits per heavy atom. The highest BCUT2D eigenvalue weighted by atomic mass is 32.2. The molecule has 1 aliphatic heterocycles. The van der Waals surface area contributed by atoms with Crippen LogP contribution in [0.2, 0.25) is 0 Å². The number of nitrogens with one attached hydrogen (secondary N) is 2. The number of anilines is 1. The topological polar surface area (TPSA) is 113 Å². The van der Waals surface area contributed by atoms with Crippen LogP contribution in [-0.2, 0) is 32.3 Å². The fourth-order valence-electron chi connectivity index (χ4n) is 2.98. The van der Waals surface area contributed by atoms with E-state index in [1.165, 1.54) is 0 Å². The fourth-order valence-corrected chi connectivity index (χ4v) is 3.64. The summed E-state index contributed by atoms with van der Waals surface area (Å²) in [5, 5.41) is 5.25. The van der Waals surface area contributed by atoms with Crippen molar-refractivity contribution in [3.8, 4) is 0 Å². The van der Waals surface area contributed by atoms with Gasteiger partial charge in [0.2, 0.25) is 5.91 Å². The van der Waals surface area contributed by atoms with Gasteiger partial charge in [0.15, 0.2) is 0 Å². The van der Waals surface area contributed by atoms with E-state index in [1.807, 2.05) is 32.0 Å². The highest BCUT2D eigenvalue weighted by Crippen LogP contribution is 2.22. The summed E-state index contributed by atoms with van der Waals surface area (Å²) in [6.45, 7) is 3.55. The van der Waals surface area contributed by atoms with E-state index in [4.69, 9.17) is 0 Å². The SMILES string of the molecule is CCc1cccc(CC)c1NC(=O)CN1C(=O)NC(CCS(C)(=O)=O)C1=O. The van der Waals surface area contributed by atoms with Crippen molar-refractivity contribution in [3.05, 3.63) is 29.3 Å². The molecule has 148 valence electrons. The molecule has 2 N–H and O–H groups in total. The van der Waals surface area contributed by atoms with Crippen LogP contribution in [0, 0.1) is 0 Å². The van der Waals surface area contributed by atoms with Crippen LogP contribution in [0.25, 0.3) is 0 Å². The molecule has 1 aromatic rings. The van der Waals surface area contributed by atoms with Crippen molar-refractivity contribution in [2.75, 3.05) is 23.9 Å². The van der Waals surface area contributed by atoms with Gasteiger partial charge in [0.25, 0.3) is 5.91 Å². The average Bonchev–Trinajstić information content (AvgIpc) is 2.87. The Labute approximate surface area is 159 Å². The Morgan fingerprint density at radius 1 is 1.19 bits per heavy atom. The number of carbonyl (C=O) groups is 3. The van der Waals surface area contributed by atoms with E-state index < -0.39 is 40.3 Å². The third-order valence-electron chi connectivity index (χ3n) is 4.45. The third-order valence-corrected chi connectivity index (χ3v) is 5.43. The van der Waals surface area contributed by atoms with E-state index >= 15 is 0 Å². The smallest absolute Gasteiger partial charge is 0.325 e. The number of carbonyl (C=O) groups excluding carboxylic acids is 3. The first-order valence-corrected chi connectivity index (χ1v) is 10.9. The van der Waals surface area contributed by atoms with Crippen molar-refractivity contribution >= 4 is 33.4 Å². The van der Waals surface area contributed by atoms with Crippen LogP contribution in [0.3, 0.4) is 0 Å². The molecule has 0 bridgehead atoms. The van der Waals surface area contributed by atoms with Crippen molar-refractivity contribution in [2.45, 2.75) is 39.2 Å². The molecule has 9 heteroatoms. The molecule has 1 aromatic carbocycles. The molecule has 1 aliphatic rings. The van der Waals surface area contributed by atoms with E-state index in [0.717, 1.165) is 35.1 Å². The van der Waals surface area contributed by atoms with Crippen molar-refractivity contribution in [1.82, 2.24) is 10.2 Å². The Hall–Kier alpha value is -2.42. The van der Waals surface area contributed by atoms with Gasteiger partial charge in [0, 0.05) is 11.9 Å². The average molecular weight is 395 g/mol. The van der Waals surface area contributed by atoms with E-state index in [-0.39, 0.29) is 12.2 Å². The quantitative estimate of drug-likeness (QED) is 0.640. The molecule has 0 radical (unpaired) electrons. The zero-order valence-electron chi connectivity index (χ0n) is 15.7. The first kappa shape index (κ1) is 20.9. The number of rotatable bonds is 8. The molecule has 0 aliphatic carbocycles. The zero-order valence-corrected chi connectivity index (χ0v) is 16.6. The number of imide groups is 1. The molecular formula is C18H25N3O5S. The van der Waals surface area contributed by atoms with Crippen LogP contribution in [0.15, 0.2) is 18.2 Å². The summed E-state index contributed by atoms with van der Waals surface area (Å²) in [5.41, 5.74) is 2.67. The van der Waals surface area contributed by atoms with Gasteiger partial charge >= 0.3 is 6.03 Å². The van der Waals surface area contributed by atoms with Crippen LogP contribution in [-0.4, -0.2) is 55.8 Å². The van der Waals surface area contributed by atoms with Gasteiger partial charge in [-0.3, -0.25) is 14.5 Å². The van der Waals surface area contributed by atoms with Gasteiger partial charge < -0.3 is 10.6 Å². The second-order valence-corrected chi connectivity index (χ2v) is 8.81. The number of para-hydroxylation sites is 1. The molecule has 1 atom stereocenters. The minimum atomic E-state index is -3.25. The van der Waals surface area contributed by atoms with Crippen LogP contribution in [0.4, 0.5) is 10.5 Å². The van der Waals surface area contributed by atoms with Crippen molar-refractivity contribution in [2.24, 2.45) is 0 Å². The van der Waals surface area contributed by atoms with E-state index in [0.29, 0.717) is 5.69 Å². The van der Waals surface area contributed by atoms with Gasteiger partial charge in [-0.2, -0.15) is 0 Å². The maximum Gasteiger partial charge on any atom is 0.325 e. The number of aryl methyl sites for hydroxylation is 2. The number of hydrogen-bond acceptors (Lipinski definition) is 5. The van der Waals surface area contributed by atoms with Crippen LogP contribution < -0.4 is 10.6 Å². The largest absolute Gasteiger partial charge is 0.326 e. The molecule has 1 heterocycles. The molecule has 1 fully saturated rings. The van der Waals surface area contributed by atoms with Gasteiger partial charge in [-0.25, -0.2) is 13.2 Å².